The Labute approximate surface area is 178 Å². The topological polar surface area (TPSA) is 70.7 Å². The summed E-state index contributed by atoms with van der Waals surface area (Å²) in [6.45, 7) is 5.37. The zero-order valence-electron chi connectivity index (χ0n) is 17.6. The van der Waals surface area contributed by atoms with Gasteiger partial charge < -0.3 is 15.4 Å². The average Bonchev–Trinajstić information content (AvgIpc) is 2.76. The van der Waals surface area contributed by atoms with E-state index in [0.29, 0.717) is 17.9 Å². The Bertz CT molecular complexity index is 800. The van der Waals surface area contributed by atoms with Gasteiger partial charge in [0.05, 0.1) is 12.2 Å². The highest BCUT2D eigenvalue weighted by Crippen LogP contribution is 2.15. The molecule has 1 fully saturated rings. The first-order valence-electron chi connectivity index (χ1n) is 10.7. The molecule has 0 aliphatic carbocycles. The highest BCUT2D eigenvalue weighted by molar-refractivity contribution is 5.92. The first-order valence-corrected chi connectivity index (χ1v) is 10.7. The third kappa shape index (κ3) is 6.88. The summed E-state index contributed by atoms with van der Waals surface area (Å²) in [6.07, 6.45) is 3.71. The van der Waals surface area contributed by atoms with Crippen LogP contribution >= 0.6 is 0 Å². The number of urea groups is 1. The van der Waals surface area contributed by atoms with Crippen molar-refractivity contribution in [3.63, 3.8) is 0 Å². The van der Waals surface area contributed by atoms with Gasteiger partial charge in [-0.3, -0.25) is 4.90 Å². The molecule has 6 heteroatoms. The van der Waals surface area contributed by atoms with Crippen LogP contribution in [0.25, 0.3) is 0 Å². The lowest BCUT2D eigenvalue weighted by Gasteiger charge is -2.32. The largest absolute Gasteiger partial charge is 0.462 e. The van der Waals surface area contributed by atoms with E-state index in [0.717, 1.165) is 45.3 Å². The van der Waals surface area contributed by atoms with Gasteiger partial charge in [0.2, 0.25) is 0 Å². The van der Waals surface area contributed by atoms with Gasteiger partial charge in [0.15, 0.2) is 0 Å². The molecule has 0 radical (unpaired) electrons. The lowest BCUT2D eigenvalue weighted by Crippen LogP contribution is -2.45. The van der Waals surface area contributed by atoms with Crippen molar-refractivity contribution >= 4 is 17.7 Å². The van der Waals surface area contributed by atoms with Crippen molar-refractivity contribution in [2.75, 3.05) is 25.0 Å². The van der Waals surface area contributed by atoms with E-state index in [-0.39, 0.29) is 18.0 Å². The predicted molar refractivity (Wildman–Crippen MR) is 119 cm³/mol. The fraction of sp³-hybridized carbons (Fsp3) is 0.417. The molecular weight excluding hydrogens is 378 g/mol. The molecule has 1 heterocycles. The number of amides is 2. The maximum absolute atomic E-state index is 12.3. The van der Waals surface area contributed by atoms with Crippen molar-refractivity contribution in [2.45, 2.75) is 45.2 Å². The number of rotatable bonds is 8. The molecule has 30 heavy (non-hydrogen) atoms. The van der Waals surface area contributed by atoms with Crippen LogP contribution in [-0.4, -0.2) is 42.6 Å². The van der Waals surface area contributed by atoms with Crippen LogP contribution in [0.3, 0.4) is 0 Å². The Hall–Kier alpha value is -2.86. The van der Waals surface area contributed by atoms with Crippen molar-refractivity contribution in [1.82, 2.24) is 10.2 Å². The van der Waals surface area contributed by atoms with E-state index in [1.54, 1.807) is 24.3 Å². The van der Waals surface area contributed by atoms with Crippen molar-refractivity contribution in [3.8, 4) is 0 Å². The van der Waals surface area contributed by atoms with Crippen LogP contribution in [0.1, 0.15) is 48.5 Å². The van der Waals surface area contributed by atoms with Crippen LogP contribution in [0.4, 0.5) is 10.5 Å². The molecule has 0 spiro atoms. The van der Waals surface area contributed by atoms with Gasteiger partial charge in [-0.25, -0.2) is 9.59 Å². The Morgan fingerprint density at radius 3 is 2.40 bits per heavy atom. The van der Waals surface area contributed by atoms with E-state index < -0.39 is 0 Å². The van der Waals surface area contributed by atoms with E-state index >= 15 is 0 Å². The quantitative estimate of drug-likeness (QED) is 0.500. The summed E-state index contributed by atoms with van der Waals surface area (Å²) < 4.78 is 5.19. The average molecular weight is 410 g/mol. The summed E-state index contributed by atoms with van der Waals surface area (Å²) in [6, 6.07) is 17.2. The lowest BCUT2D eigenvalue weighted by atomic mass is 10.0. The second kappa shape index (κ2) is 11.4. The smallest absolute Gasteiger partial charge is 0.338 e. The number of hydrogen-bond acceptors (Lipinski definition) is 4. The second-order valence-electron chi connectivity index (χ2n) is 7.70. The van der Waals surface area contributed by atoms with Crippen molar-refractivity contribution in [3.05, 3.63) is 65.7 Å². The number of carbonyl (C=O) groups is 2. The predicted octanol–water partition coefficient (Wildman–Crippen LogP) is 4.43. The maximum atomic E-state index is 12.3. The summed E-state index contributed by atoms with van der Waals surface area (Å²) in [5.74, 6) is -0.332. The highest BCUT2D eigenvalue weighted by Gasteiger charge is 2.20. The Morgan fingerprint density at radius 2 is 1.73 bits per heavy atom. The molecule has 1 aliphatic rings. The van der Waals surface area contributed by atoms with E-state index in [1.165, 1.54) is 5.56 Å². The van der Waals surface area contributed by atoms with Gasteiger partial charge >= 0.3 is 12.0 Å². The molecule has 0 saturated carbocycles. The van der Waals surface area contributed by atoms with Gasteiger partial charge in [-0.05, 0) is 49.1 Å². The third-order valence-corrected chi connectivity index (χ3v) is 5.28. The number of esters is 1. The molecule has 160 valence electrons. The minimum Gasteiger partial charge on any atom is -0.462 e. The van der Waals surface area contributed by atoms with Crippen LogP contribution in [-0.2, 0) is 11.3 Å². The van der Waals surface area contributed by atoms with Crippen LogP contribution in [0, 0.1) is 0 Å². The van der Waals surface area contributed by atoms with Crippen LogP contribution in [0.15, 0.2) is 54.6 Å². The molecule has 6 nitrogen and oxygen atoms in total. The van der Waals surface area contributed by atoms with E-state index in [2.05, 4.69) is 39.8 Å². The Kier molecular flexibility index (Phi) is 8.27. The summed E-state index contributed by atoms with van der Waals surface area (Å²) in [7, 11) is 0. The first kappa shape index (κ1) is 21.8. The standard InChI is InChI=1S/C24H31N3O3/c1-2-3-17-30-23(28)20-9-11-21(12-10-20)25-24(29)26-22-13-15-27(16-14-22)18-19-7-5-4-6-8-19/h4-12,22H,2-3,13-18H2,1H3,(H2,25,26,29). The summed E-state index contributed by atoms with van der Waals surface area (Å²) in [5.41, 5.74) is 2.46. The molecule has 2 aromatic rings. The molecule has 1 saturated heterocycles. The number of benzene rings is 2. The maximum Gasteiger partial charge on any atom is 0.338 e. The zero-order valence-corrected chi connectivity index (χ0v) is 17.6. The minimum absolute atomic E-state index is 0.171. The molecule has 0 unspecified atom stereocenters. The molecule has 3 rings (SSSR count). The summed E-state index contributed by atoms with van der Waals surface area (Å²) >= 11 is 0. The first-order chi connectivity index (χ1) is 14.6. The van der Waals surface area contributed by atoms with Gasteiger partial charge in [0.1, 0.15) is 0 Å². The van der Waals surface area contributed by atoms with Crippen molar-refractivity contribution in [2.24, 2.45) is 0 Å². The molecule has 0 atom stereocenters. The molecule has 2 N–H and O–H groups in total. The van der Waals surface area contributed by atoms with Gasteiger partial charge in [0.25, 0.3) is 0 Å². The van der Waals surface area contributed by atoms with Crippen LogP contribution in [0.5, 0.6) is 0 Å². The fourth-order valence-electron chi connectivity index (χ4n) is 3.51. The van der Waals surface area contributed by atoms with Gasteiger partial charge in [-0.2, -0.15) is 0 Å². The minimum atomic E-state index is -0.332. The Morgan fingerprint density at radius 1 is 1.03 bits per heavy atom. The van der Waals surface area contributed by atoms with Crippen molar-refractivity contribution < 1.29 is 14.3 Å². The molecular formula is C24H31N3O3. The fourth-order valence-corrected chi connectivity index (χ4v) is 3.51. The SMILES string of the molecule is CCCCOC(=O)c1ccc(NC(=O)NC2CCN(Cc3ccccc3)CC2)cc1. The van der Waals surface area contributed by atoms with Gasteiger partial charge in [-0.15, -0.1) is 0 Å². The summed E-state index contributed by atoms with van der Waals surface area (Å²) in [4.78, 5) is 26.7. The number of anilines is 1. The molecule has 2 aromatic carbocycles. The number of unbranched alkanes of at least 4 members (excludes halogenated alkanes) is 1. The second-order valence-corrected chi connectivity index (χ2v) is 7.70. The molecule has 1 aliphatic heterocycles. The highest BCUT2D eigenvalue weighted by atomic mass is 16.5. The number of piperidine rings is 1. The molecule has 0 bridgehead atoms. The number of likely N-dealkylation sites (tertiary alicyclic amines) is 1. The van der Waals surface area contributed by atoms with Crippen LogP contribution in [0.2, 0.25) is 0 Å². The number of hydrogen-bond donors (Lipinski definition) is 2. The number of carbonyl (C=O) groups excluding carboxylic acids is 2. The third-order valence-electron chi connectivity index (χ3n) is 5.28. The van der Waals surface area contributed by atoms with E-state index in [9.17, 15) is 9.59 Å². The lowest BCUT2D eigenvalue weighted by molar-refractivity contribution is 0.0500. The molecule has 0 aromatic heterocycles. The van der Waals surface area contributed by atoms with Crippen molar-refractivity contribution in [1.29, 1.82) is 0 Å². The number of ether oxygens (including phenoxy) is 1. The normalized spacial score (nSPS) is 14.8. The van der Waals surface area contributed by atoms with E-state index in [1.807, 2.05) is 13.0 Å². The Balaban J connectivity index is 1.39. The number of nitrogens with zero attached hydrogens (tertiary/aromatic N) is 1. The molecule has 2 amide bonds. The van der Waals surface area contributed by atoms with Crippen LogP contribution < -0.4 is 10.6 Å². The van der Waals surface area contributed by atoms with Gasteiger partial charge in [-0.1, -0.05) is 43.7 Å². The van der Waals surface area contributed by atoms with Gasteiger partial charge in [0, 0.05) is 31.4 Å². The monoisotopic (exact) mass is 409 g/mol. The van der Waals surface area contributed by atoms with E-state index in [4.69, 9.17) is 4.74 Å². The zero-order chi connectivity index (χ0) is 21.2. The summed E-state index contributed by atoms with van der Waals surface area (Å²) in [5, 5.41) is 5.90. The number of nitrogens with one attached hydrogen (secondary N) is 2.